The van der Waals surface area contributed by atoms with Crippen molar-refractivity contribution in [2.24, 2.45) is 0 Å². The molecule has 2 N–H and O–H groups in total. The fraction of sp³-hybridized carbons (Fsp3) is 0.556. The Kier molecular flexibility index (Phi) is 2.59. The van der Waals surface area contributed by atoms with E-state index >= 15 is 0 Å². The van der Waals surface area contributed by atoms with Crippen molar-refractivity contribution in [2.45, 2.75) is 6.04 Å². The zero-order valence-corrected chi connectivity index (χ0v) is 8.90. The molecule has 6 heteroatoms. The van der Waals surface area contributed by atoms with E-state index in [1.54, 1.807) is 26.4 Å². The Morgan fingerprint density at radius 2 is 2.40 bits per heavy atom. The SMILES string of the molecule is CN(C)C(=O)Nc1ccnn1C1CNC1. The van der Waals surface area contributed by atoms with Crippen LogP contribution in [0.15, 0.2) is 12.3 Å². The van der Waals surface area contributed by atoms with Gasteiger partial charge in [-0.25, -0.2) is 9.48 Å². The van der Waals surface area contributed by atoms with Gasteiger partial charge in [0.15, 0.2) is 0 Å². The van der Waals surface area contributed by atoms with Crippen LogP contribution in [0.2, 0.25) is 0 Å². The summed E-state index contributed by atoms with van der Waals surface area (Å²) in [5, 5.41) is 10.2. The second kappa shape index (κ2) is 3.90. The number of carbonyl (C=O) groups is 1. The van der Waals surface area contributed by atoms with E-state index in [4.69, 9.17) is 0 Å². The van der Waals surface area contributed by atoms with E-state index in [1.165, 1.54) is 4.90 Å². The zero-order valence-electron chi connectivity index (χ0n) is 8.90. The van der Waals surface area contributed by atoms with Crippen LogP contribution in [-0.2, 0) is 0 Å². The average Bonchev–Trinajstić information content (AvgIpc) is 2.50. The quantitative estimate of drug-likeness (QED) is 0.727. The monoisotopic (exact) mass is 209 g/mol. The number of nitrogens with zero attached hydrogens (tertiary/aromatic N) is 3. The molecule has 82 valence electrons. The Morgan fingerprint density at radius 3 is 2.93 bits per heavy atom. The van der Waals surface area contributed by atoms with Gasteiger partial charge in [-0.2, -0.15) is 5.10 Å². The number of hydrogen-bond acceptors (Lipinski definition) is 3. The molecule has 0 unspecified atom stereocenters. The molecular formula is C9H15N5O. The van der Waals surface area contributed by atoms with Gasteiger partial charge < -0.3 is 10.2 Å². The summed E-state index contributed by atoms with van der Waals surface area (Å²) >= 11 is 0. The summed E-state index contributed by atoms with van der Waals surface area (Å²) in [6.07, 6.45) is 1.70. The number of rotatable bonds is 2. The van der Waals surface area contributed by atoms with Gasteiger partial charge in [-0.15, -0.1) is 0 Å². The Bertz CT molecular complexity index is 355. The summed E-state index contributed by atoms with van der Waals surface area (Å²) in [7, 11) is 3.42. The Balaban J connectivity index is 2.07. The van der Waals surface area contributed by atoms with E-state index in [-0.39, 0.29) is 6.03 Å². The largest absolute Gasteiger partial charge is 0.331 e. The fourth-order valence-electron chi connectivity index (χ4n) is 1.37. The minimum Gasteiger partial charge on any atom is -0.331 e. The maximum atomic E-state index is 11.4. The molecule has 1 saturated heterocycles. The van der Waals surface area contributed by atoms with Gasteiger partial charge in [0.05, 0.1) is 12.2 Å². The highest BCUT2D eigenvalue weighted by molar-refractivity contribution is 5.87. The van der Waals surface area contributed by atoms with Crippen molar-refractivity contribution in [1.82, 2.24) is 20.0 Å². The highest BCUT2D eigenvalue weighted by atomic mass is 16.2. The lowest BCUT2D eigenvalue weighted by Gasteiger charge is -2.28. The van der Waals surface area contributed by atoms with E-state index in [9.17, 15) is 4.79 Å². The molecule has 1 aliphatic rings. The minimum absolute atomic E-state index is 0.135. The number of amides is 2. The summed E-state index contributed by atoms with van der Waals surface area (Å²) in [6, 6.07) is 2.03. The summed E-state index contributed by atoms with van der Waals surface area (Å²) in [5.74, 6) is 0.750. The fourth-order valence-corrected chi connectivity index (χ4v) is 1.37. The number of urea groups is 1. The number of nitrogens with one attached hydrogen (secondary N) is 2. The smallest absolute Gasteiger partial charge is 0.322 e. The normalized spacial score (nSPS) is 15.9. The maximum absolute atomic E-state index is 11.4. The lowest BCUT2D eigenvalue weighted by atomic mass is 10.2. The average molecular weight is 209 g/mol. The summed E-state index contributed by atoms with van der Waals surface area (Å²) in [4.78, 5) is 12.9. The van der Waals surface area contributed by atoms with Gasteiger partial charge in [0.2, 0.25) is 0 Å². The molecule has 6 nitrogen and oxygen atoms in total. The number of carbonyl (C=O) groups excluding carboxylic acids is 1. The second-order valence-corrected chi connectivity index (χ2v) is 3.80. The van der Waals surface area contributed by atoms with Crippen molar-refractivity contribution >= 4 is 11.8 Å². The van der Waals surface area contributed by atoms with E-state index in [2.05, 4.69) is 15.7 Å². The molecule has 0 aliphatic carbocycles. The van der Waals surface area contributed by atoms with E-state index in [0.29, 0.717) is 6.04 Å². The van der Waals surface area contributed by atoms with Crippen LogP contribution in [0.1, 0.15) is 6.04 Å². The van der Waals surface area contributed by atoms with Gasteiger partial charge in [-0.05, 0) is 0 Å². The molecule has 0 aromatic carbocycles. The molecule has 2 rings (SSSR count). The molecule has 0 atom stereocenters. The first-order chi connectivity index (χ1) is 7.18. The van der Waals surface area contributed by atoms with Crippen molar-refractivity contribution in [2.75, 3.05) is 32.5 Å². The zero-order chi connectivity index (χ0) is 10.8. The molecule has 1 aromatic rings. The molecule has 2 amide bonds. The third-order valence-corrected chi connectivity index (χ3v) is 2.42. The van der Waals surface area contributed by atoms with Crippen molar-refractivity contribution in [3.05, 3.63) is 12.3 Å². The summed E-state index contributed by atoms with van der Waals surface area (Å²) in [6.45, 7) is 1.82. The summed E-state index contributed by atoms with van der Waals surface area (Å²) < 4.78 is 1.85. The maximum Gasteiger partial charge on any atom is 0.322 e. The molecule has 0 saturated carbocycles. The van der Waals surface area contributed by atoms with Crippen LogP contribution >= 0.6 is 0 Å². The van der Waals surface area contributed by atoms with Gasteiger partial charge >= 0.3 is 6.03 Å². The molecule has 1 aromatic heterocycles. The van der Waals surface area contributed by atoms with Gasteiger partial charge in [-0.1, -0.05) is 0 Å². The van der Waals surface area contributed by atoms with E-state index in [0.717, 1.165) is 18.9 Å². The van der Waals surface area contributed by atoms with Crippen LogP contribution in [0.25, 0.3) is 0 Å². The second-order valence-electron chi connectivity index (χ2n) is 3.80. The number of anilines is 1. The number of aromatic nitrogens is 2. The third-order valence-electron chi connectivity index (χ3n) is 2.42. The standard InChI is InChI=1S/C9H15N5O/c1-13(2)9(15)12-8-3-4-11-14(8)7-5-10-6-7/h3-4,7,10H,5-6H2,1-2H3,(H,12,15). The first-order valence-corrected chi connectivity index (χ1v) is 4.91. The molecular weight excluding hydrogens is 194 g/mol. The van der Waals surface area contributed by atoms with Crippen molar-refractivity contribution in [3.63, 3.8) is 0 Å². The van der Waals surface area contributed by atoms with Crippen LogP contribution < -0.4 is 10.6 Å². The Morgan fingerprint density at radius 1 is 1.67 bits per heavy atom. The first-order valence-electron chi connectivity index (χ1n) is 4.91. The van der Waals surface area contributed by atoms with E-state index in [1.807, 2.05) is 4.68 Å². The van der Waals surface area contributed by atoms with Gasteiger partial charge in [0.1, 0.15) is 5.82 Å². The predicted molar refractivity (Wildman–Crippen MR) is 56.8 cm³/mol. The Hall–Kier alpha value is -1.56. The van der Waals surface area contributed by atoms with Gasteiger partial charge in [0, 0.05) is 33.3 Å². The van der Waals surface area contributed by atoms with Crippen molar-refractivity contribution in [3.8, 4) is 0 Å². The molecule has 1 aliphatic heterocycles. The molecule has 2 heterocycles. The van der Waals surface area contributed by atoms with Crippen LogP contribution in [0.4, 0.5) is 10.6 Å². The molecule has 0 spiro atoms. The molecule has 0 radical (unpaired) electrons. The Labute approximate surface area is 88.2 Å². The minimum atomic E-state index is -0.135. The van der Waals surface area contributed by atoms with Crippen LogP contribution in [0.3, 0.4) is 0 Å². The predicted octanol–water partition coefficient (Wildman–Crippen LogP) is 0.121. The van der Waals surface area contributed by atoms with E-state index < -0.39 is 0 Å². The molecule has 15 heavy (non-hydrogen) atoms. The van der Waals surface area contributed by atoms with Gasteiger partial charge in [0.25, 0.3) is 0 Å². The number of hydrogen-bond donors (Lipinski definition) is 2. The highest BCUT2D eigenvalue weighted by Gasteiger charge is 2.22. The summed E-state index contributed by atoms with van der Waals surface area (Å²) in [5.41, 5.74) is 0. The molecule has 0 bridgehead atoms. The highest BCUT2D eigenvalue weighted by Crippen LogP contribution is 2.17. The van der Waals surface area contributed by atoms with Crippen molar-refractivity contribution < 1.29 is 4.79 Å². The van der Waals surface area contributed by atoms with Crippen LogP contribution in [0, 0.1) is 0 Å². The van der Waals surface area contributed by atoms with Gasteiger partial charge in [-0.3, -0.25) is 5.32 Å². The topological polar surface area (TPSA) is 62.2 Å². The third kappa shape index (κ3) is 1.94. The first kappa shape index (κ1) is 9.97. The van der Waals surface area contributed by atoms with Crippen molar-refractivity contribution in [1.29, 1.82) is 0 Å². The van der Waals surface area contributed by atoms with Crippen LogP contribution in [-0.4, -0.2) is 47.9 Å². The lowest BCUT2D eigenvalue weighted by Crippen LogP contribution is -2.44. The lowest BCUT2D eigenvalue weighted by molar-refractivity contribution is 0.230. The molecule has 1 fully saturated rings. The van der Waals surface area contributed by atoms with Crippen LogP contribution in [0.5, 0.6) is 0 Å².